The second kappa shape index (κ2) is 11.2. The minimum atomic E-state index is 0.419. The van der Waals surface area contributed by atoms with E-state index in [9.17, 15) is 5.26 Å². The predicted molar refractivity (Wildman–Crippen MR) is 139 cm³/mol. The molecule has 0 aromatic heterocycles. The maximum Gasteiger partial charge on any atom is 0.175 e. The molecular weight excluding hydrogens is 612 g/mol. The standard InChI is InChI=1S/C24H17BrCl2INO2/c1-2-30-23-11-16(9-17(13-29)20-8-7-19(26)12-21(20)27)10-22(28)24(23)31-14-15-3-5-18(25)6-4-15/h3-12H,2,14H2,1H3/b17-9+. The first-order chi connectivity index (χ1) is 14.9. The predicted octanol–water partition coefficient (Wildman–Crippen LogP) is 8.40. The number of ether oxygens (including phenoxy) is 2. The van der Waals surface area contributed by atoms with Gasteiger partial charge in [-0.3, -0.25) is 0 Å². The largest absolute Gasteiger partial charge is 0.490 e. The van der Waals surface area contributed by atoms with Gasteiger partial charge in [-0.15, -0.1) is 0 Å². The smallest absolute Gasteiger partial charge is 0.175 e. The molecule has 0 atom stereocenters. The highest BCUT2D eigenvalue weighted by atomic mass is 127. The Morgan fingerprint density at radius 1 is 1.10 bits per heavy atom. The molecule has 7 heteroatoms. The van der Waals surface area contributed by atoms with E-state index in [2.05, 4.69) is 44.6 Å². The zero-order valence-corrected chi connectivity index (χ0v) is 21.7. The molecule has 0 aliphatic heterocycles. The third kappa shape index (κ3) is 6.39. The topological polar surface area (TPSA) is 42.2 Å². The van der Waals surface area contributed by atoms with Gasteiger partial charge in [0.2, 0.25) is 0 Å². The first-order valence-corrected chi connectivity index (χ1v) is 11.9. The SMILES string of the molecule is CCOc1cc(/C=C(\C#N)c2ccc(Cl)cc2Cl)cc(I)c1OCc1ccc(Br)cc1. The molecule has 0 spiro atoms. The van der Waals surface area contributed by atoms with Crippen LogP contribution in [0.5, 0.6) is 11.5 Å². The van der Waals surface area contributed by atoms with Crippen molar-refractivity contribution in [2.24, 2.45) is 0 Å². The lowest BCUT2D eigenvalue weighted by atomic mass is 10.0. The van der Waals surface area contributed by atoms with Gasteiger partial charge in [-0.1, -0.05) is 57.3 Å². The zero-order chi connectivity index (χ0) is 22.4. The van der Waals surface area contributed by atoms with Gasteiger partial charge in [0.05, 0.1) is 26.8 Å². The fraction of sp³-hybridized carbons (Fsp3) is 0.125. The van der Waals surface area contributed by atoms with Crippen molar-refractivity contribution in [3.8, 4) is 17.6 Å². The molecule has 3 rings (SSSR count). The van der Waals surface area contributed by atoms with Crippen LogP contribution in [0.4, 0.5) is 0 Å². The van der Waals surface area contributed by atoms with E-state index < -0.39 is 0 Å². The number of hydrogen-bond acceptors (Lipinski definition) is 3. The lowest BCUT2D eigenvalue weighted by Gasteiger charge is -2.15. The van der Waals surface area contributed by atoms with Crippen LogP contribution in [-0.2, 0) is 6.61 Å². The van der Waals surface area contributed by atoms with Gasteiger partial charge in [0, 0.05) is 15.1 Å². The number of benzene rings is 3. The van der Waals surface area contributed by atoms with Crippen molar-refractivity contribution >= 4 is 73.4 Å². The highest BCUT2D eigenvalue weighted by molar-refractivity contribution is 14.1. The average molecular weight is 629 g/mol. The summed E-state index contributed by atoms with van der Waals surface area (Å²) in [6.45, 7) is 2.83. The third-order valence-corrected chi connectivity index (χ3v) is 6.16. The van der Waals surface area contributed by atoms with Crippen LogP contribution in [0, 0.1) is 14.9 Å². The van der Waals surface area contributed by atoms with Gasteiger partial charge in [-0.2, -0.15) is 5.26 Å². The van der Waals surface area contributed by atoms with Crippen LogP contribution in [0.3, 0.4) is 0 Å². The third-order valence-electron chi connectivity index (χ3n) is 4.28. The molecule has 3 aromatic rings. The molecule has 0 N–H and O–H groups in total. The lowest BCUT2D eigenvalue weighted by Crippen LogP contribution is -2.02. The van der Waals surface area contributed by atoms with E-state index in [1.54, 1.807) is 24.3 Å². The van der Waals surface area contributed by atoms with Crippen molar-refractivity contribution in [3.63, 3.8) is 0 Å². The quantitative estimate of drug-likeness (QED) is 0.150. The Bertz CT molecular complexity index is 1160. The van der Waals surface area contributed by atoms with Gasteiger partial charge in [0.1, 0.15) is 6.61 Å². The van der Waals surface area contributed by atoms with Gasteiger partial charge in [-0.05, 0) is 83.1 Å². The van der Waals surface area contributed by atoms with Crippen molar-refractivity contribution < 1.29 is 9.47 Å². The molecule has 0 heterocycles. The van der Waals surface area contributed by atoms with Crippen molar-refractivity contribution in [1.29, 1.82) is 5.26 Å². The number of nitrogens with zero attached hydrogens (tertiary/aromatic N) is 1. The zero-order valence-electron chi connectivity index (χ0n) is 16.5. The van der Waals surface area contributed by atoms with Crippen LogP contribution in [-0.4, -0.2) is 6.61 Å². The van der Waals surface area contributed by atoms with Gasteiger partial charge >= 0.3 is 0 Å². The maximum atomic E-state index is 9.69. The van der Waals surface area contributed by atoms with Crippen LogP contribution in [0.2, 0.25) is 10.0 Å². The Balaban J connectivity index is 1.94. The van der Waals surface area contributed by atoms with E-state index in [0.29, 0.717) is 45.9 Å². The summed E-state index contributed by atoms with van der Waals surface area (Å²) in [4.78, 5) is 0. The highest BCUT2D eigenvalue weighted by Gasteiger charge is 2.14. The molecule has 0 unspecified atom stereocenters. The Morgan fingerprint density at radius 3 is 2.48 bits per heavy atom. The molecule has 31 heavy (non-hydrogen) atoms. The molecule has 0 amide bonds. The van der Waals surface area contributed by atoms with Crippen molar-refractivity contribution in [3.05, 3.63) is 89.4 Å². The highest BCUT2D eigenvalue weighted by Crippen LogP contribution is 2.36. The summed E-state index contributed by atoms with van der Waals surface area (Å²) in [5, 5.41) is 10.6. The fourth-order valence-corrected chi connectivity index (χ4v) is 4.41. The number of nitriles is 1. The van der Waals surface area contributed by atoms with E-state index in [1.807, 2.05) is 43.3 Å². The molecule has 0 radical (unpaired) electrons. The van der Waals surface area contributed by atoms with Gasteiger partial charge in [-0.25, -0.2) is 0 Å². The van der Waals surface area contributed by atoms with E-state index in [0.717, 1.165) is 19.2 Å². The minimum absolute atomic E-state index is 0.419. The Morgan fingerprint density at radius 2 is 1.84 bits per heavy atom. The summed E-state index contributed by atoms with van der Waals surface area (Å²) in [6, 6.07) is 19.1. The number of hydrogen-bond donors (Lipinski definition) is 0. The Hall–Kier alpha value is -1.72. The fourth-order valence-electron chi connectivity index (χ4n) is 2.86. The summed E-state index contributed by atoms with van der Waals surface area (Å²) >= 11 is 17.9. The first-order valence-electron chi connectivity index (χ1n) is 9.32. The average Bonchev–Trinajstić information content (AvgIpc) is 2.73. The molecule has 0 aliphatic carbocycles. The number of rotatable bonds is 7. The van der Waals surface area contributed by atoms with E-state index in [-0.39, 0.29) is 0 Å². The van der Waals surface area contributed by atoms with Gasteiger partial charge < -0.3 is 9.47 Å². The van der Waals surface area contributed by atoms with Gasteiger partial charge in [0.15, 0.2) is 11.5 Å². The Kier molecular flexibility index (Phi) is 8.67. The first kappa shape index (κ1) is 23.9. The van der Waals surface area contributed by atoms with Crippen LogP contribution < -0.4 is 9.47 Å². The number of allylic oxidation sites excluding steroid dienone is 1. The number of halogens is 4. The molecule has 0 bridgehead atoms. The van der Waals surface area contributed by atoms with Crippen molar-refractivity contribution in [2.75, 3.05) is 6.61 Å². The van der Waals surface area contributed by atoms with E-state index >= 15 is 0 Å². The monoisotopic (exact) mass is 627 g/mol. The van der Waals surface area contributed by atoms with E-state index in [4.69, 9.17) is 32.7 Å². The van der Waals surface area contributed by atoms with E-state index in [1.165, 1.54) is 0 Å². The summed E-state index contributed by atoms with van der Waals surface area (Å²) in [5.74, 6) is 1.29. The van der Waals surface area contributed by atoms with Crippen molar-refractivity contribution in [2.45, 2.75) is 13.5 Å². The second-order valence-electron chi connectivity index (χ2n) is 6.47. The van der Waals surface area contributed by atoms with Gasteiger partial charge in [0.25, 0.3) is 0 Å². The summed E-state index contributed by atoms with van der Waals surface area (Å²) in [6.07, 6.45) is 1.78. The molecule has 0 fully saturated rings. The van der Waals surface area contributed by atoms with Crippen LogP contribution in [0.1, 0.15) is 23.6 Å². The summed E-state index contributed by atoms with van der Waals surface area (Å²) in [5.41, 5.74) is 2.92. The lowest BCUT2D eigenvalue weighted by molar-refractivity contribution is 0.267. The Labute approximate surface area is 213 Å². The molecule has 3 nitrogen and oxygen atoms in total. The molecule has 158 valence electrons. The molecule has 3 aromatic carbocycles. The minimum Gasteiger partial charge on any atom is -0.490 e. The molecule has 0 saturated carbocycles. The second-order valence-corrected chi connectivity index (χ2v) is 9.39. The summed E-state index contributed by atoms with van der Waals surface area (Å²) < 4.78 is 13.8. The molecule has 0 aliphatic rings. The van der Waals surface area contributed by atoms with Crippen molar-refractivity contribution in [1.82, 2.24) is 0 Å². The summed E-state index contributed by atoms with van der Waals surface area (Å²) in [7, 11) is 0. The normalized spacial score (nSPS) is 11.2. The molecule has 0 saturated heterocycles. The van der Waals surface area contributed by atoms with Crippen LogP contribution in [0.15, 0.2) is 59.1 Å². The van der Waals surface area contributed by atoms with Crippen LogP contribution >= 0.6 is 61.7 Å². The molecular formula is C24H17BrCl2INO2. The maximum absolute atomic E-state index is 9.69. The van der Waals surface area contributed by atoms with Crippen LogP contribution in [0.25, 0.3) is 11.6 Å².